The Kier molecular flexibility index (Phi) is 3.50. The maximum absolute atomic E-state index is 3.92. The Bertz CT molecular complexity index is 641. The molecule has 0 atom stereocenters. The highest BCUT2D eigenvalue weighted by Gasteiger charge is 2.06. The summed E-state index contributed by atoms with van der Waals surface area (Å²) >= 11 is 0. The minimum Gasteiger partial charge on any atom is -0.0616 e. The Morgan fingerprint density at radius 1 is 0.842 bits per heavy atom. The Hall–Kier alpha value is -1.82. The predicted octanol–water partition coefficient (Wildman–Crippen LogP) is 5.55. The van der Waals surface area contributed by atoms with Crippen molar-refractivity contribution in [3.63, 3.8) is 0 Å². The minimum absolute atomic E-state index is 0.999. The smallest absolute Gasteiger partial charge is 0.00803 e. The van der Waals surface area contributed by atoms with Crippen LogP contribution in [0.3, 0.4) is 0 Å². The van der Waals surface area contributed by atoms with Crippen LogP contribution in [0.1, 0.15) is 24.8 Å². The van der Waals surface area contributed by atoms with Crippen LogP contribution >= 0.6 is 0 Å². The van der Waals surface area contributed by atoms with E-state index in [0.29, 0.717) is 0 Å². The fourth-order valence-corrected chi connectivity index (χ4v) is 2.66. The summed E-state index contributed by atoms with van der Waals surface area (Å²) < 4.78 is 0. The van der Waals surface area contributed by atoms with E-state index in [1.54, 1.807) is 0 Å². The van der Waals surface area contributed by atoms with E-state index >= 15 is 0 Å². The lowest BCUT2D eigenvalue weighted by molar-refractivity contribution is 0.838. The fraction of sp³-hybridized carbons (Fsp3) is 0.158. The number of rotatable bonds is 4. The zero-order valence-electron chi connectivity index (χ0n) is 11.1. The van der Waals surface area contributed by atoms with Gasteiger partial charge in [0.15, 0.2) is 0 Å². The zero-order chi connectivity index (χ0) is 13.1. The van der Waals surface area contributed by atoms with Crippen molar-refractivity contribution >= 4 is 21.5 Å². The van der Waals surface area contributed by atoms with Crippen molar-refractivity contribution < 1.29 is 0 Å². The summed E-state index contributed by atoms with van der Waals surface area (Å²) in [5.74, 6) is 0. The lowest BCUT2D eigenvalue weighted by atomic mass is 9.93. The van der Waals surface area contributed by atoms with Gasteiger partial charge in [0.2, 0.25) is 0 Å². The van der Waals surface area contributed by atoms with Crippen molar-refractivity contribution in [3.05, 3.63) is 73.5 Å². The Balaban J connectivity index is 2.21. The Morgan fingerprint density at radius 2 is 1.42 bits per heavy atom. The molecule has 3 aromatic rings. The normalized spacial score (nSPS) is 11.2. The summed E-state index contributed by atoms with van der Waals surface area (Å²) in [6.07, 6.45) is 5.62. The first-order valence-corrected chi connectivity index (χ1v) is 6.93. The molecule has 3 aromatic carbocycles. The fourth-order valence-electron chi connectivity index (χ4n) is 2.66. The van der Waals surface area contributed by atoms with Gasteiger partial charge in [0, 0.05) is 0 Å². The SMILES string of the molecule is [CH2]CCC[CH]c1c2ccccc2cc2ccccc12. The van der Waals surface area contributed by atoms with E-state index in [9.17, 15) is 0 Å². The molecule has 0 aromatic heterocycles. The molecule has 0 bridgehead atoms. The van der Waals surface area contributed by atoms with Crippen molar-refractivity contribution in [2.75, 3.05) is 0 Å². The monoisotopic (exact) mass is 246 g/mol. The first kappa shape index (κ1) is 12.2. The standard InChI is InChI=1S/C19H18/c1-2-3-4-13-19-17-11-7-5-9-15(17)14-16-10-6-8-12-18(16)19/h5-14H,1-4H2. The third kappa shape index (κ3) is 2.35. The molecular weight excluding hydrogens is 228 g/mol. The van der Waals surface area contributed by atoms with E-state index in [1.807, 2.05) is 0 Å². The molecule has 0 amide bonds. The van der Waals surface area contributed by atoms with Crippen LogP contribution in [0.15, 0.2) is 54.6 Å². The molecule has 0 saturated carbocycles. The maximum atomic E-state index is 3.92. The number of hydrogen-bond donors (Lipinski definition) is 0. The molecule has 94 valence electrons. The van der Waals surface area contributed by atoms with Crippen LogP contribution in [-0.4, -0.2) is 0 Å². The van der Waals surface area contributed by atoms with Crippen LogP contribution in [0.2, 0.25) is 0 Å². The van der Waals surface area contributed by atoms with Gasteiger partial charge in [0.25, 0.3) is 0 Å². The van der Waals surface area contributed by atoms with E-state index < -0.39 is 0 Å². The van der Waals surface area contributed by atoms with Gasteiger partial charge >= 0.3 is 0 Å². The molecule has 0 unspecified atom stereocenters. The molecule has 19 heavy (non-hydrogen) atoms. The summed E-state index contributed by atoms with van der Waals surface area (Å²) in [4.78, 5) is 0. The summed E-state index contributed by atoms with van der Waals surface area (Å²) in [5.41, 5.74) is 1.38. The summed E-state index contributed by atoms with van der Waals surface area (Å²) in [6, 6.07) is 19.6. The average Bonchev–Trinajstić information content (AvgIpc) is 2.46. The predicted molar refractivity (Wildman–Crippen MR) is 84.1 cm³/mol. The summed E-state index contributed by atoms with van der Waals surface area (Å²) in [7, 11) is 0. The van der Waals surface area contributed by atoms with Gasteiger partial charge in [-0.25, -0.2) is 0 Å². The van der Waals surface area contributed by atoms with Crippen molar-refractivity contribution in [2.24, 2.45) is 0 Å². The highest BCUT2D eigenvalue weighted by molar-refractivity contribution is 6.03. The number of benzene rings is 3. The highest BCUT2D eigenvalue weighted by atomic mass is 14.1. The van der Waals surface area contributed by atoms with Crippen molar-refractivity contribution in [3.8, 4) is 0 Å². The molecule has 0 heterocycles. The summed E-state index contributed by atoms with van der Waals surface area (Å²) in [6.45, 7) is 3.92. The molecule has 0 fully saturated rings. The van der Waals surface area contributed by atoms with E-state index in [4.69, 9.17) is 0 Å². The van der Waals surface area contributed by atoms with E-state index in [-0.39, 0.29) is 0 Å². The molecule has 0 aliphatic rings. The molecule has 0 saturated heterocycles. The second-order valence-electron chi connectivity index (χ2n) is 4.93. The molecule has 0 aliphatic carbocycles. The Labute approximate surface area is 115 Å². The molecule has 0 nitrogen and oxygen atoms in total. The van der Waals surface area contributed by atoms with Gasteiger partial charge in [0.05, 0.1) is 0 Å². The Morgan fingerprint density at radius 3 is 2.00 bits per heavy atom. The highest BCUT2D eigenvalue weighted by Crippen LogP contribution is 2.30. The van der Waals surface area contributed by atoms with Gasteiger partial charge in [-0.2, -0.15) is 0 Å². The van der Waals surface area contributed by atoms with Crippen LogP contribution in [0.4, 0.5) is 0 Å². The van der Waals surface area contributed by atoms with Gasteiger partial charge in [-0.1, -0.05) is 68.3 Å². The van der Waals surface area contributed by atoms with Gasteiger partial charge in [-0.15, -0.1) is 0 Å². The van der Waals surface area contributed by atoms with Gasteiger partial charge in [-0.05, 0) is 46.0 Å². The molecule has 2 radical (unpaired) electrons. The van der Waals surface area contributed by atoms with Crippen LogP contribution in [0.25, 0.3) is 21.5 Å². The van der Waals surface area contributed by atoms with Gasteiger partial charge in [0.1, 0.15) is 0 Å². The van der Waals surface area contributed by atoms with E-state index in [1.165, 1.54) is 27.1 Å². The van der Waals surface area contributed by atoms with Crippen LogP contribution < -0.4 is 0 Å². The van der Waals surface area contributed by atoms with Crippen molar-refractivity contribution in [2.45, 2.75) is 19.3 Å². The third-order valence-electron chi connectivity index (χ3n) is 3.62. The van der Waals surface area contributed by atoms with Gasteiger partial charge < -0.3 is 0 Å². The number of hydrogen-bond acceptors (Lipinski definition) is 0. The second kappa shape index (κ2) is 5.44. The largest absolute Gasteiger partial charge is 0.0616 e. The second-order valence-corrected chi connectivity index (χ2v) is 4.93. The average molecular weight is 246 g/mol. The molecule has 0 spiro atoms. The number of unbranched alkanes of at least 4 members (excludes halogenated alkanes) is 2. The van der Waals surface area contributed by atoms with Crippen LogP contribution in [-0.2, 0) is 0 Å². The van der Waals surface area contributed by atoms with Crippen LogP contribution in [0.5, 0.6) is 0 Å². The molecule has 3 rings (SSSR count). The summed E-state index contributed by atoms with van der Waals surface area (Å²) in [5, 5.41) is 5.35. The maximum Gasteiger partial charge on any atom is -0.00803 e. The molecule has 0 heteroatoms. The first-order chi connectivity index (χ1) is 9.40. The molecular formula is C19H18. The van der Waals surface area contributed by atoms with Crippen LogP contribution in [0, 0.1) is 13.3 Å². The zero-order valence-corrected chi connectivity index (χ0v) is 11.1. The first-order valence-electron chi connectivity index (χ1n) is 6.93. The lowest BCUT2D eigenvalue weighted by Crippen LogP contribution is -1.88. The van der Waals surface area contributed by atoms with Crippen molar-refractivity contribution in [1.29, 1.82) is 0 Å². The molecule has 0 aliphatic heterocycles. The minimum atomic E-state index is 0.999. The lowest BCUT2D eigenvalue weighted by Gasteiger charge is -2.11. The van der Waals surface area contributed by atoms with E-state index in [0.717, 1.165) is 19.3 Å². The molecule has 0 N–H and O–H groups in total. The number of fused-ring (bicyclic) bond motifs is 2. The topological polar surface area (TPSA) is 0 Å². The van der Waals surface area contributed by atoms with Gasteiger partial charge in [-0.3, -0.25) is 0 Å². The van der Waals surface area contributed by atoms with E-state index in [2.05, 4.69) is 67.9 Å². The third-order valence-corrected chi connectivity index (χ3v) is 3.62. The quantitative estimate of drug-likeness (QED) is 0.418. The van der Waals surface area contributed by atoms with Crippen molar-refractivity contribution in [1.82, 2.24) is 0 Å².